The smallest absolute Gasteiger partial charge is 0.230 e. The van der Waals surface area contributed by atoms with Crippen LogP contribution in [0.5, 0.6) is 0 Å². The Morgan fingerprint density at radius 1 is 1.32 bits per heavy atom. The molecule has 0 atom stereocenters. The zero-order valence-corrected chi connectivity index (χ0v) is 14.7. The highest BCUT2D eigenvalue weighted by atomic mass is 35.5. The van der Waals surface area contributed by atoms with E-state index in [0.29, 0.717) is 22.3 Å². The van der Waals surface area contributed by atoms with Crippen LogP contribution in [0.25, 0.3) is 0 Å². The zero-order chi connectivity index (χ0) is 15.8. The number of piperazine rings is 1. The number of amides is 1. The molecule has 22 heavy (non-hydrogen) atoms. The number of nitrogens with one attached hydrogen (secondary N) is 2. The van der Waals surface area contributed by atoms with Crippen LogP contribution in [0.1, 0.15) is 6.42 Å². The lowest BCUT2D eigenvalue weighted by Crippen LogP contribution is -2.44. The average molecular weight is 362 g/mol. The highest BCUT2D eigenvalue weighted by Crippen LogP contribution is 2.29. The molecule has 0 radical (unpaired) electrons. The molecule has 122 valence electrons. The molecule has 1 aromatic carbocycles. The van der Waals surface area contributed by atoms with Gasteiger partial charge in [0.25, 0.3) is 0 Å². The van der Waals surface area contributed by atoms with E-state index >= 15 is 0 Å². The van der Waals surface area contributed by atoms with Crippen LogP contribution in [0, 0.1) is 0 Å². The summed E-state index contributed by atoms with van der Waals surface area (Å²) in [5.74, 6) is 0.384. The third-order valence-electron chi connectivity index (χ3n) is 3.43. The molecule has 0 aliphatic carbocycles. The van der Waals surface area contributed by atoms with Crippen LogP contribution >= 0.6 is 35.0 Å². The van der Waals surface area contributed by atoms with E-state index in [9.17, 15) is 4.79 Å². The van der Waals surface area contributed by atoms with Crippen LogP contribution in [-0.4, -0.2) is 55.8 Å². The fraction of sp³-hybridized carbons (Fsp3) is 0.533. The number of halogens is 2. The van der Waals surface area contributed by atoms with Gasteiger partial charge in [-0.2, -0.15) is 0 Å². The predicted octanol–water partition coefficient (Wildman–Crippen LogP) is 2.50. The van der Waals surface area contributed by atoms with E-state index in [-0.39, 0.29) is 5.91 Å². The maximum absolute atomic E-state index is 11.8. The fourth-order valence-electron chi connectivity index (χ4n) is 2.25. The first-order chi connectivity index (χ1) is 10.6. The average Bonchev–Trinajstić information content (AvgIpc) is 2.53. The van der Waals surface area contributed by atoms with Crippen LogP contribution in [0.3, 0.4) is 0 Å². The number of thioether (sulfide) groups is 1. The second kappa shape index (κ2) is 9.63. The van der Waals surface area contributed by atoms with E-state index in [4.69, 9.17) is 23.2 Å². The molecule has 1 fully saturated rings. The van der Waals surface area contributed by atoms with Crippen LogP contribution < -0.4 is 10.6 Å². The predicted molar refractivity (Wildman–Crippen MR) is 94.1 cm³/mol. The van der Waals surface area contributed by atoms with E-state index in [1.807, 2.05) is 0 Å². The molecule has 0 saturated carbocycles. The normalized spacial score (nSPS) is 15.7. The summed E-state index contributed by atoms with van der Waals surface area (Å²) < 4.78 is 0. The second-order valence-corrected chi connectivity index (χ2v) is 7.02. The summed E-state index contributed by atoms with van der Waals surface area (Å²) in [4.78, 5) is 15.1. The van der Waals surface area contributed by atoms with E-state index in [1.54, 1.807) is 18.2 Å². The Labute approximate surface area is 145 Å². The first kappa shape index (κ1) is 17.9. The first-order valence-electron chi connectivity index (χ1n) is 7.43. The Bertz CT molecular complexity index is 496. The number of carbonyl (C=O) groups is 1. The fourth-order valence-corrected chi connectivity index (χ4v) is 3.57. The van der Waals surface area contributed by atoms with Crippen molar-refractivity contribution < 1.29 is 4.79 Å². The molecule has 1 heterocycles. The maximum atomic E-state index is 11.8. The number of rotatable bonds is 7. The van der Waals surface area contributed by atoms with E-state index in [0.717, 1.165) is 44.0 Å². The minimum atomic E-state index is 0.0290. The lowest BCUT2D eigenvalue weighted by Gasteiger charge is -2.27. The molecular formula is C15H21Cl2N3OS. The van der Waals surface area contributed by atoms with Crippen LogP contribution in [0.4, 0.5) is 0 Å². The van der Waals surface area contributed by atoms with Crippen molar-refractivity contribution in [1.82, 2.24) is 15.5 Å². The molecule has 2 rings (SSSR count). The summed E-state index contributed by atoms with van der Waals surface area (Å²) >= 11 is 13.4. The van der Waals surface area contributed by atoms with Gasteiger partial charge < -0.3 is 15.5 Å². The minimum Gasteiger partial charge on any atom is -0.355 e. The van der Waals surface area contributed by atoms with E-state index in [2.05, 4.69) is 15.5 Å². The first-order valence-corrected chi connectivity index (χ1v) is 9.17. The van der Waals surface area contributed by atoms with Gasteiger partial charge in [-0.05, 0) is 31.2 Å². The highest BCUT2D eigenvalue weighted by molar-refractivity contribution is 8.00. The molecule has 4 nitrogen and oxygen atoms in total. The molecule has 1 aliphatic rings. The van der Waals surface area contributed by atoms with Gasteiger partial charge in [0.15, 0.2) is 0 Å². The summed E-state index contributed by atoms with van der Waals surface area (Å²) in [5.41, 5.74) is 0. The molecule has 1 aliphatic heterocycles. The third kappa shape index (κ3) is 6.34. The standard InChI is InChI=1S/C15H21Cl2N3OS/c16-12-2-3-13(17)14(10-12)22-11-15(21)19-4-1-7-20-8-5-18-6-9-20/h2-3,10,18H,1,4-9,11H2,(H,19,21). The molecule has 1 amide bonds. The molecule has 0 unspecified atom stereocenters. The van der Waals surface area contributed by atoms with Crippen molar-refractivity contribution in [3.8, 4) is 0 Å². The SMILES string of the molecule is O=C(CSc1cc(Cl)ccc1Cl)NCCCN1CCNCC1. The van der Waals surface area contributed by atoms with Gasteiger partial charge in [-0.3, -0.25) is 4.79 Å². The van der Waals surface area contributed by atoms with Crippen molar-refractivity contribution in [2.24, 2.45) is 0 Å². The molecule has 1 saturated heterocycles. The lowest BCUT2D eigenvalue weighted by atomic mass is 10.3. The van der Waals surface area contributed by atoms with Crippen molar-refractivity contribution in [3.05, 3.63) is 28.2 Å². The topological polar surface area (TPSA) is 44.4 Å². The van der Waals surface area contributed by atoms with E-state index < -0.39 is 0 Å². The van der Waals surface area contributed by atoms with Gasteiger partial charge in [0.2, 0.25) is 5.91 Å². The number of benzene rings is 1. The quantitative estimate of drug-likeness (QED) is 0.578. The summed E-state index contributed by atoms with van der Waals surface area (Å²) in [6.07, 6.45) is 0.980. The monoisotopic (exact) mass is 361 g/mol. The van der Waals surface area contributed by atoms with Crippen molar-refractivity contribution in [3.63, 3.8) is 0 Å². The Balaban J connectivity index is 1.60. The molecule has 0 bridgehead atoms. The third-order valence-corrected chi connectivity index (χ3v) is 5.17. The molecule has 0 spiro atoms. The molecular weight excluding hydrogens is 341 g/mol. The Kier molecular flexibility index (Phi) is 7.83. The summed E-state index contributed by atoms with van der Waals surface area (Å²) in [7, 11) is 0. The van der Waals surface area contributed by atoms with Gasteiger partial charge in [-0.15, -0.1) is 11.8 Å². The molecule has 2 N–H and O–H groups in total. The second-order valence-electron chi connectivity index (χ2n) is 5.16. The summed E-state index contributed by atoms with van der Waals surface area (Å²) in [5, 5.41) is 7.53. The highest BCUT2D eigenvalue weighted by Gasteiger charge is 2.09. The van der Waals surface area contributed by atoms with Gasteiger partial charge in [-0.1, -0.05) is 23.2 Å². The number of hydrogen-bond acceptors (Lipinski definition) is 4. The van der Waals surface area contributed by atoms with E-state index in [1.165, 1.54) is 11.8 Å². The zero-order valence-electron chi connectivity index (χ0n) is 12.4. The van der Waals surface area contributed by atoms with Crippen molar-refractivity contribution in [2.75, 3.05) is 45.0 Å². The van der Waals surface area contributed by atoms with Crippen LogP contribution in [0.2, 0.25) is 10.0 Å². The summed E-state index contributed by atoms with van der Waals surface area (Å²) in [6.45, 7) is 6.06. The minimum absolute atomic E-state index is 0.0290. The molecule has 0 aromatic heterocycles. The number of hydrogen-bond donors (Lipinski definition) is 2. The van der Waals surface area contributed by atoms with Crippen molar-refractivity contribution in [1.29, 1.82) is 0 Å². The largest absolute Gasteiger partial charge is 0.355 e. The van der Waals surface area contributed by atoms with Crippen LogP contribution in [-0.2, 0) is 4.79 Å². The molecule has 7 heteroatoms. The van der Waals surface area contributed by atoms with Gasteiger partial charge >= 0.3 is 0 Å². The van der Waals surface area contributed by atoms with Gasteiger partial charge in [-0.25, -0.2) is 0 Å². The van der Waals surface area contributed by atoms with Gasteiger partial charge in [0, 0.05) is 42.6 Å². The summed E-state index contributed by atoms with van der Waals surface area (Å²) in [6, 6.07) is 5.27. The Morgan fingerprint density at radius 3 is 2.86 bits per heavy atom. The Hall–Kier alpha value is -0.460. The number of nitrogens with zero attached hydrogens (tertiary/aromatic N) is 1. The van der Waals surface area contributed by atoms with Crippen molar-refractivity contribution >= 4 is 40.9 Å². The number of carbonyl (C=O) groups excluding carboxylic acids is 1. The Morgan fingerprint density at radius 2 is 2.09 bits per heavy atom. The lowest BCUT2D eigenvalue weighted by molar-refractivity contribution is -0.118. The maximum Gasteiger partial charge on any atom is 0.230 e. The van der Waals surface area contributed by atoms with Crippen molar-refractivity contribution in [2.45, 2.75) is 11.3 Å². The molecule has 1 aromatic rings. The van der Waals surface area contributed by atoms with Crippen LogP contribution in [0.15, 0.2) is 23.1 Å². The van der Waals surface area contributed by atoms with Gasteiger partial charge in [0.05, 0.1) is 10.8 Å². The van der Waals surface area contributed by atoms with Gasteiger partial charge in [0.1, 0.15) is 0 Å².